The fraction of sp³-hybridized carbons (Fsp3) is 0.714. The van der Waals surface area contributed by atoms with Crippen molar-refractivity contribution in [2.75, 3.05) is 0 Å². The van der Waals surface area contributed by atoms with Crippen molar-refractivity contribution in [2.45, 2.75) is 65.0 Å². The average molecular weight is 284 g/mol. The molecule has 0 aliphatic rings. The lowest BCUT2D eigenvalue weighted by Crippen LogP contribution is -2.15. The monoisotopic (exact) mass is 284 g/mol. The van der Waals surface area contributed by atoms with Crippen LogP contribution in [-0.2, 0) is 4.74 Å². The second-order valence-electron chi connectivity index (χ2n) is 4.92. The summed E-state index contributed by atoms with van der Waals surface area (Å²) < 4.78 is 5.37. The molecular weight excluding hydrogens is 260 g/mol. The van der Waals surface area contributed by atoms with E-state index < -0.39 is 0 Å². The van der Waals surface area contributed by atoms with Gasteiger partial charge < -0.3 is 10.5 Å². The molecule has 4 nitrogen and oxygen atoms in total. The van der Waals surface area contributed by atoms with Crippen molar-refractivity contribution in [3.63, 3.8) is 0 Å². The Hall–Kier alpha value is -0.940. The number of thiazole rings is 1. The van der Waals surface area contributed by atoms with Gasteiger partial charge in [0.25, 0.3) is 0 Å². The molecule has 2 N–H and O–H groups in total. The SMILES string of the molecule is CCCCCCC(C)OC(=O)c1csc(C(C)N)n1. The van der Waals surface area contributed by atoms with Crippen LogP contribution in [0.1, 0.15) is 74.4 Å². The van der Waals surface area contributed by atoms with Crippen LogP contribution < -0.4 is 5.73 Å². The number of carbonyl (C=O) groups excluding carboxylic acids is 1. The van der Waals surface area contributed by atoms with E-state index in [2.05, 4.69) is 11.9 Å². The molecule has 0 saturated heterocycles. The van der Waals surface area contributed by atoms with E-state index in [-0.39, 0.29) is 18.1 Å². The summed E-state index contributed by atoms with van der Waals surface area (Å²) in [5, 5.41) is 2.48. The van der Waals surface area contributed by atoms with Crippen molar-refractivity contribution in [1.82, 2.24) is 4.98 Å². The largest absolute Gasteiger partial charge is 0.458 e. The molecule has 1 aromatic rings. The first-order valence-electron chi connectivity index (χ1n) is 6.96. The molecule has 0 aromatic carbocycles. The molecule has 2 unspecified atom stereocenters. The second-order valence-corrected chi connectivity index (χ2v) is 5.81. The van der Waals surface area contributed by atoms with Gasteiger partial charge in [0.2, 0.25) is 0 Å². The minimum absolute atomic E-state index is 0.0511. The molecular formula is C14H24N2O2S. The van der Waals surface area contributed by atoms with E-state index in [9.17, 15) is 4.79 Å². The predicted octanol–water partition coefficient (Wildman–Crippen LogP) is 3.68. The van der Waals surface area contributed by atoms with Crippen LogP contribution in [0, 0.1) is 0 Å². The van der Waals surface area contributed by atoms with Crippen molar-refractivity contribution >= 4 is 17.3 Å². The third-order valence-electron chi connectivity index (χ3n) is 2.89. The zero-order valence-corrected chi connectivity index (χ0v) is 12.8. The van der Waals surface area contributed by atoms with Crippen molar-refractivity contribution in [3.8, 4) is 0 Å². The normalized spacial score (nSPS) is 14.1. The lowest BCUT2D eigenvalue weighted by atomic mass is 10.1. The lowest BCUT2D eigenvalue weighted by molar-refractivity contribution is 0.0313. The molecule has 0 fully saturated rings. The Morgan fingerprint density at radius 3 is 2.74 bits per heavy atom. The molecule has 0 spiro atoms. The molecule has 1 rings (SSSR count). The molecule has 0 radical (unpaired) electrons. The van der Waals surface area contributed by atoms with Gasteiger partial charge in [-0.1, -0.05) is 26.2 Å². The number of carbonyl (C=O) groups is 1. The van der Waals surface area contributed by atoms with Gasteiger partial charge in [-0.15, -0.1) is 11.3 Å². The molecule has 19 heavy (non-hydrogen) atoms. The van der Waals surface area contributed by atoms with E-state index in [4.69, 9.17) is 10.5 Å². The van der Waals surface area contributed by atoms with Crippen molar-refractivity contribution in [2.24, 2.45) is 5.73 Å². The molecule has 5 heteroatoms. The summed E-state index contributed by atoms with van der Waals surface area (Å²) in [6.07, 6.45) is 5.62. The number of hydrogen-bond acceptors (Lipinski definition) is 5. The van der Waals surface area contributed by atoms with Crippen LogP contribution in [0.5, 0.6) is 0 Å². The number of nitrogens with zero attached hydrogens (tertiary/aromatic N) is 1. The lowest BCUT2D eigenvalue weighted by Gasteiger charge is -2.11. The fourth-order valence-electron chi connectivity index (χ4n) is 1.75. The first-order valence-corrected chi connectivity index (χ1v) is 7.84. The molecule has 0 aliphatic carbocycles. The van der Waals surface area contributed by atoms with Crippen LogP contribution in [0.4, 0.5) is 0 Å². The first kappa shape index (κ1) is 16.1. The summed E-state index contributed by atoms with van der Waals surface area (Å²) in [6.45, 7) is 5.97. The highest BCUT2D eigenvalue weighted by Gasteiger charge is 2.16. The maximum atomic E-state index is 11.9. The molecule has 0 saturated carbocycles. The Morgan fingerprint density at radius 1 is 1.42 bits per heavy atom. The van der Waals surface area contributed by atoms with Gasteiger partial charge in [-0.3, -0.25) is 0 Å². The van der Waals surface area contributed by atoms with Gasteiger partial charge in [-0.25, -0.2) is 9.78 Å². The van der Waals surface area contributed by atoms with Crippen LogP contribution >= 0.6 is 11.3 Å². The van der Waals surface area contributed by atoms with Crippen molar-refractivity contribution < 1.29 is 9.53 Å². The van der Waals surface area contributed by atoms with Gasteiger partial charge in [0.15, 0.2) is 5.69 Å². The van der Waals surface area contributed by atoms with Crippen molar-refractivity contribution in [1.29, 1.82) is 0 Å². The number of aromatic nitrogens is 1. The Kier molecular flexibility index (Phi) is 7.02. The van der Waals surface area contributed by atoms with Crippen LogP contribution in [0.2, 0.25) is 0 Å². The molecule has 2 atom stereocenters. The highest BCUT2D eigenvalue weighted by molar-refractivity contribution is 7.09. The van der Waals surface area contributed by atoms with Gasteiger partial charge in [0, 0.05) is 5.38 Å². The maximum absolute atomic E-state index is 11.9. The smallest absolute Gasteiger partial charge is 0.358 e. The van der Waals surface area contributed by atoms with E-state index in [0.29, 0.717) is 5.69 Å². The number of ether oxygens (including phenoxy) is 1. The van der Waals surface area contributed by atoms with Gasteiger partial charge in [0.1, 0.15) is 5.01 Å². The molecule has 108 valence electrons. The topological polar surface area (TPSA) is 65.2 Å². The molecule has 1 heterocycles. The standard InChI is InChI=1S/C14H24N2O2S/c1-4-5-6-7-8-10(2)18-14(17)12-9-19-13(16-12)11(3)15/h9-11H,4-8,15H2,1-3H3. The third kappa shape index (κ3) is 5.70. The van der Waals surface area contributed by atoms with Gasteiger partial charge in [0.05, 0.1) is 12.1 Å². The summed E-state index contributed by atoms with van der Waals surface area (Å²) >= 11 is 1.40. The summed E-state index contributed by atoms with van der Waals surface area (Å²) in [5.41, 5.74) is 6.09. The fourth-order valence-corrected chi connectivity index (χ4v) is 2.50. The summed E-state index contributed by atoms with van der Waals surface area (Å²) in [7, 11) is 0. The number of nitrogens with two attached hydrogens (primary N) is 1. The number of hydrogen-bond donors (Lipinski definition) is 1. The Bertz CT molecular complexity index is 391. The molecule has 0 amide bonds. The molecule has 1 aromatic heterocycles. The number of unbranched alkanes of at least 4 members (excludes halogenated alkanes) is 3. The summed E-state index contributed by atoms with van der Waals surface area (Å²) in [4.78, 5) is 16.1. The van der Waals surface area contributed by atoms with Crippen LogP contribution in [-0.4, -0.2) is 17.1 Å². The Labute approximate surface area is 119 Å². The molecule has 0 bridgehead atoms. The van der Waals surface area contributed by atoms with Gasteiger partial charge in [-0.05, 0) is 26.7 Å². The van der Waals surface area contributed by atoms with Crippen LogP contribution in [0.15, 0.2) is 5.38 Å². The maximum Gasteiger partial charge on any atom is 0.358 e. The molecule has 0 aliphatic heterocycles. The van der Waals surface area contributed by atoms with E-state index in [1.807, 2.05) is 13.8 Å². The van der Waals surface area contributed by atoms with Crippen molar-refractivity contribution in [3.05, 3.63) is 16.1 Å². The number of rotatable bonds is 8. The highest BCUT2D eigenvalue weighted by Crippen LogP contribution is 2.17. The van der Waals surface area contributed by atoms with E-state index >= 15 is 0 Å². The quantitative estimate of drug-likeness (QED) is 0.584. The zero-order valence-electron chi connectivity index (χ0n) is 12.0. The van der Waals surface area contributed by atoms with Crippen LogP contribution in [0.3, 0.4) is 0 Å². The summed E-state index contributed by atoms with van der Waals surface area (Å²) in [5.74, 6) is -0.342. The van der Waals surface area contributed by atoms with Gasteiger partial charge >= 0.3 is 5.97 Å². The van der Waals surface area contributed by atoms with Crippen LogP contribution in [0.25, 0.3) is 0 Å². The van der Waals surface area contributed by atoms with E-state index in [1.165, 1.54) is 30.6 Å². The first-order chi connectivity index (χ1) is 9.04. The summed E-state index contributed by atoms with van der Waals surface area (Å²) in [6, 6.07) is -0.141. The average Bonchev–Trinajstić information content (AvgIpc) is 2.84. The zero-order chi connectivity index (χ0) is 14.3. The van der Waals surface area contributed by atoms with E-state index in [1.54, 1.807) is 5.38 Å². The van der Waals surface area contributed by atoms with Gasteiger partial charge in [-0.2, -0.15) is 0 Å². The Morgan fingerprint density at radius 2 is 2.16 bits per heavy atom. The predicted molar refractivity (Wildman–Crippen MR) is 78.4 cm³/mol. The third-order valence-corrected chi connectivity index (χ3v) is 3.94. The highest BCUT2D eigenvalue weighted by atomic mass is 32.1. The second kappa shape index (κ2) is 8.27. The number of esters is 1. The Balaban J connectivity index is 2.36. The minimum Gasteiger partial charge on any atom is -0.458 e. The van der Waals surface area contributed by atoms with E-state index in [0.717, 1.165) is 17.8 Å². The minimum atomic E-state index is -0.342.